The van der Waals surface area contributed by atoms with Crippen molar-refractivity contribution in [2.75, 3.05) is 23.9 Å². The lowest BCUT2D eigenvalue weighted by Gasteiger charge is -2.32. The largest absolute Gasteiger partial charge is 0.380 e. The lowest BCUT2D eigenvalue weighted by atomic mass is 10.1. The first kappa shape index (κ1) is 11.9. The van der Waals surface area contributed by atoms with Crippen LogP contribution in [0.3, 0.4) is 0 Å². The Balaban J connectivity index is 2.05. The number of amides is 1. The van der Waals surface area contributed by atoms with Crippen molar-refractivity contribution < 1.29 is 13.9 Å². The summed E-state index contributed by atoms with van der Waals surface area (Å²) in [6, 6.07) is 2.82. The van der Waals surface area contributed by atoms with E-state index in [0.717, 1.165) is 5.69 Å². The molecule has 1 aromatic carbocycles. The minimum Gasteiger partial charge on any atom is -0.380 e. The fourth-order valence-electron chi connectivity index (χ4n) is 2.57. The van der Waals surface area contributed by atoms with E-state index in [4.69, 9.17) is 4.74 Å². The van der Waals surface area contributed by atoms with E-state index in [-0.39, 0.29) is 23.9 Å². The number of nitrogens with zero attached hydrogens (tertiary/aromatic N) is 1. The molecule has 0 aromatic heterocycles. The van der Waals surface area contributed by atoms with Crippen LogP contribution < -0.4 is 10.2 Å². The van der Waals surface area contributed by atoms with E-state index >= 15 is 0 Å². The van der Waals surface area contributed by atoms with Crippen LogP contribution in [0.5, 0.6) is 0 Å². The van der Waals surface area contributed by atoms with Crippen LogP contribution in [0.15, 0.2) is 16.6 Å². The second-order valence-corrected chi connectivity index (χ2v) is 5.39. The highest BCUT2D eigenvalue weighted by atomic mass is 79.9. The average molecular weight is 315 g/mol. The van der Waals surface area contributed by atoms with Gasteiger partial charge in [-0.05, 0) is 22.0 Å². The zero-order valence-corrected chi connectivity index (χ0v) is 11.3. The highest BCUT2D eigenvalue weighted by molar-refractivity contribution is 9.10. The number of halogens is 2. The Morgan fingerprint density at radius 3 is 3.06 bits per heavy atom. The van der Waals surface area contributed by atoms with Crippen molar-refractivity contribution in [3.8, 4) is 0 Å². The number of nitrogens with one attached hydrogen (secondary N) is 1. The number of hydrogen-bond donors (Lipinski definition) is 1. The number of benzene rings is 1. The molecular formula is C12H12BrFN2O2. The summed E-state index contributed by atoms with van der Waals surface area (Å²) in [4.78, 5) is 13.9. The third-order valence-electron chi connectivity index (χ3n) is 3.50. The number of hydrogen-bond acceptors (Lipinski definition) is 3. The zero-order chi connectivity index (χ0) is 12.9. The van der Waals surface area contributed by atoms with Gasteiger partial charge in [-0.2, -0.15) is 0 Å². The molecule has 6 heteroatoms. The van der Waals surface area contributed by atoms with Crippen LogP contribution in [0.2, 0.25) is 0 Å². The molecule has 2 heterocycles. The van der Waals surface area contributed by atoms with E-state index in [1.54, 1.807) is 13.2 Å². The molecule has 1 saturated heterocycles. The summed E-state index contributed by atoms with van der Waals surface area (Å²) < 4.78 is 19.2. The van der Waals surface area contributed by atoms with Crippen molar-refractivity contribution in [2.24, 2.45) is 0 Å². The smallest absolute Gasteiger partial charge is 0.247 e. The predicted octanol–water partition coefficient (Wildman–Crippen LogP) is 2.13. The number of carbonyl (C=O) groups is 1. The van der Waals surface area contributed by atoms with Gasteiger partial charge in [0.25, 0.3) is 0 Å². The van der Waals surface area contributed by atoms with Crippen molar-refractivity contribution in [2.45, 2.75) is 18.6 Å². The van der Waals surface area contributed by atoms with Gasteiger partial charge in [0.1, 0.15) is 11.9 Å². The predicted molar refractivity (Wildman–Crippen MR) is 69.3 cm³/mol. The third-order valence-corrected chi connectivity index (χ3v) is 4.11. The maximum Gasteiger partial charge on any atom is 0.247 e. The summed E-state index contributed by atoms with van der Waals surface area (Å²) in [5, 5.41) is 2.75. The van der Waals surface area contributed by atoms with Crippen LogP contribution in [0.25, 0.3) is 0 Å². The van der Waals surface area contributed by atoms with Crippen molar-refractivity contribution in [1.29, 1.82) is 0 Å². The Morgan fingerprint density at radius 2 is 2.33 bits per heavy atom. The van der Waals surface area contributed by atoms with E-state index in [2.05, 4.69) is 21.2 Å². The van der Waals surface area contributed by atoms with Crippen LogP contribution >= 0.6 is 15.9 Å². The van der Waals surface area contributed by atoms with Crippen LogP contribution in [0.1, 0.15) is 6.42 Å². The highest BCUT2D eigenvalue weighted by Crippen LogP contribution is 2.39. The molecule has 0 saturated carbocycles. The van der Waals surface area contributed by atoms with Gasteiger partial charge in [0.05, 0.1) is 22.0 Å². The van der Waals surface area contributed by atoms with Crippen molar-refractivity contribution in [1.82, 2.24) is 0 Å². The van der Waals surface area contributed by atoms with Gasteiger partial charge in [-0.1, -0.05) is 0 Å². The number of carbonyl (C=O) groups excluding carboxylic acids is 1. The molecule has 0 bridgehead atoms. The summed E-state index contributed by atoms with van der Waals surface area (Å²) in [6.07, 6.45) is 0.701. The summed E-state index contributed by atoms with van der Waals surface area (Å²) >= 11 is 3.17. The van der Waals surface area contributed by atoms with Gasteiger partial charge in [-0.3, -0.25) is 4.79 Å². The molecule has 2 unspecified atom stereocenters. The van der Waals surface area contributed by atoms with E-state index in [1.807, 2.05) is 4.90 Å². The Labute approximate surface area is 112 Å². The molecule has 1 amide bonds. The first-order chi connectivity index (χ1) is 8.60. The summed E-state index contributed by atoms with van der Waals surface area (Å²) in [5.74, 6) is -0.473. The molecule has 0 spiro atoms. The summed E-state index contributed by atoms with van der Waals surface area (Å²) in [5.41, 5.74) is 1.36. The minimum atomic E-state index is -0.380. The fraction of sp³-hybridized carbons (Fsp3) is 0.417. The molecule has 1 fully saturated rings. The van der Waals surface area contributed by atoms with Gasteiger partial charge in [0.2, 0.25) is 5.91 Å². The van der Waals surface area contributed by atoms with Crippen molar-refractivity contribution >= 4 is 33.2 Å². The Bertz CT molecular complexity index is 523. The summed E-state index contributed by atoms with van der Waals surface area (Å²) in [6.45, 7) is 0.652. The molecule has 0 aliphatic carbocycles. The quantitative estimate of drug-likeness (QED) is 0.863. The molecule has 2 atom stereocenters. The van der Waals surface area contributed by atoms with Crippen molar-refractivity contribution in [3.05, 3.63) is 22.4 Å². The van der Waals surface area contributed by atoms with Gasteiger partial charge in [0, 0.05) is 26.1 Å². The van der Waals surface area contributed by atoms with E-state index in [1.165, 1.54) is 6.07 Å². The van der Waals surface area contributed by atoms with Crippen molar-refractivity contribution in [3.63, 3.8) is 0 Å². The van der Waals surface area contributed by atoms with Crippen LogP contribution in [-0.2, 0) is 9.53 Å². The van der Waals surface area contributed by atoms with Gasteiger partial charge < -0.3 is 15.0 Å². The Morgan fingerprint density at radius 1 is 1.56 bits per heavy atom. The second kappa shape index (κ2) is 4.20. The number of methoxy groups -OCH3 is 1. The zero-order valence-electron chi connectivity index (χ0n) is 9.74. The van der Waals surface area contributed by atoms with Crippen LogP contribution in [0.4, 0.5) is 15.8 Å². The second-order valence-electron chi connectivity index (χ2n) is 4.53. The normalized spacial score (nSPS) is 25.7. The molecule has 3 rings (SSSR count). The van der Waals surface area contributed by atoms with E-state index in [9.17, 15) is 9.18 Å². The first-order valence-corrected chi connectivity index (χ1v) is 6.49. The molecule has 2 aliphatic heterocycles. The molecule has 1 aromatic rings. The number of ether oxygens (including phenoxy) is 1. The molecule has 4 nitrogen and oxygen atoms in total. The van der Waals surface area contributed by atoms with E-state index in [0.29, 0.717) is 23.1 Å². The maximum atomic E-state index is 13.5. The topological polar surface area (TPSA) is 41.6 Å². The summed E-state index contributed by atoms with van der Waals surface area (Å²) in [7, 11) is 1.64. The average Bonchev–Trinajstić information content (AvgIpc) is 2.77. The molecule has 0 radical (unpaired) electrons. The standard InChI is InChI=1S/C12H12BrFN2O2/c1-18-6-2-11-12(17)15-9-4-8(14)7(13)3-10(9)16(11)5-6/h3-4,6,11H,2,5H2,1H3,(H,15,17). The first-order valence-electron chi connectivity index (χ1n) is 5.69. The van der Waals surface area contributed by atoms with Crippen LogP contribution in [-0.4, -0.2) is 31.7 Å². The molecule has 2 aliphatic rings. The molecule has 18 heavy (non-hydrogen) atoms. The van der Waals surface area contributed by atoms with Gasteiger partial charge in [-0.15, -0.1) is 0 Å². The number of fused-ring (bicyclic) bond motifs is 3. The lowest BCUT2D eigenvalue weighted by Crippen LogP contribution is -2.44. The highest BCUT2D eigenvalue weighted by Gasteiger charge is 2.41. The number of anilines is 2. The van der Waals surface area contributed by atoms with Gasteiger partial charge in [0.15, 0.2) is 0 Å². The minimum absolute atomic E-state index is 0.0375. The SMILES string of the molecule is COC1CC2C(=O)Nc3cc(F)c(Br)cc3N2C1. The molecule has 96 valence electrons. The van der Waals surface area contributed by atoms with Gasteiger partial charge in [-0.25, -0.2) is 4.39 Å². The fourth-order valence-corrected chi connectivity index (χ4v) is 2.90. The Hall–Kier alpha value is -1.14. The van der Waals surface area contributed by atoms with E-state index < -0.39 is 0 Å². The molecule has 1 N–H and O–H groups in total. The molecular weight excluding hydrogens is 303 g/mol. The number of rotatable bonds is 1. The maximum absolute atomic E-state index is 13.5. The monoisotopic (exact) mass is 314 g/mol. The van der Waals surface area contributed by atoms with Gasteiger partial charge >= 0.3 is 0 Å². The van der Waals surface area contributed by atoms with Crippen LogP contribution in [0, 0.1) is 5.82 Å². The lowest BCUT2D eigenvalue weighted by molar-refractivity contribution is -0.117. The third kappa shape index (κ3) is 1.71. The Kier molecular flexibility index (Phi) is 2.79.